The Hall–Kier alpha value is -3.65. The smallest absolute Gasteiger partial charge is 0.320 e. The highest BCUT2D eigenvalue weighted by Gasteiger charge is 2.16. The van der Waals surface area contributed by atoms with E-state index in [4.69, 9.17) is 0 Å². The van der Waals surface area contributed by atoms with Crippen molar-refractivity contribution in [1.29, 1.82) is 0 Å². The number of rotatable bonds is 9. The normalized spacial score (nSPS) is 10.8. The van der Waals surface area contributed by atoms with Crippen LogP contribution >= 0.6 is 11.8 Å². The zero-order valence-electron chi connectivity index (χ0n) is 19.4. The number of H-pyrrole nitrogens is 1. The molecule has 0 spiro atoms. The van der Waals surface area contributed by atoms with Crippen molar-refractivity contribution >= 4 is 23.5 Å². The van der Waals surface area contributed by atoms with Gasteiger partial charge in [0.15, 0.2) is 5.82 Å². The van der Waals surface area contributed by atoms with E-state index in [1.54, 1.807) is 11.8 Å². The molecule has 1 aromatic heterocycles. The van der Waals surface area contributed by atoms with Crippen LogP contribution in [0.1, 0.15) is 25.3 Å². The average molecular weight is 473 g/mol. The first-order valence-electron chi connectivity index (χ1n) is 11.3. The fourth-order valence-electron chi connectivity index (χ4n) is 3.82. The predicted octanol–water partition coefficient (Wildman–Crippen LogP) is 6.09. The summed E-state index contributed by atoms with van der Waals surface area (Å²) in [7, 11) is 0. The van der Waals surface area contributed by atoms with Crippen molar-refractivity contribution in [2.45, 2.75) is 31.2 Å². The highest BCUT2D eigenvalue weighted by molar-refractivity contribution is 7.98. The van der Waals surface area contributed by atoms with E-state index in [1.165, 1.54) is 0 Å². The van der Waals surface area contributed by atoms with Crippen molar-refractivity contribution in [3.63, 3.8) is 0 Å². The Kier molecular flexibility index (Phi) is 7.93. The highest BCUT2D eigenvalue weighted by atomic mass is 32.2. The maximum atomic E-state index is 13.2. The minimum absolute atomic E-state index is 0.0894. The Morgan fingerprint density at radius 2 is 1.82 bits per heavy atom. The quantitative estimate of drug-likeness (QED) is 0.288. The Labute approximate surface area is 204 Å². The molecule has 0 aliphatic rings. The minimum Gasteiger partial charge on any atom is -0.320 e. The molecule has 0 aliphatic carbocycles. The summed E-state index contributed by atoms with van der Waals surface area (Å²) in [5.74, 6) is 0.623. The maximum Gasteiger partial charge on any atom is 0.322 e. The lowest BCUT2D eigenvalue weighted by Crippen LogP contribution is -2.35. The number of hydrogen-bond donors (Lipinski definition) is 2. The summed E-state index contributed by atoms with van der Waals surface area (Å²) in [5, 5.41) is 17.4. The molecule has 0 radical (unpaired) electrons. The van der Waals surface area contributed by atoms with Gasteiger partial charge in [-0.05, 0) is 58.0 Å². The van der Waals surface area contributed by atoms with Crippen LogP contribution in [0.2, 0.25) is 0 Å². The Bertz CT molecular complexity index is 1230. The molecule has 0 atom stereocenters. The van der Waals surface area contributed by atoms with Crippen molar-refractivity contribution in [3.05, 3.63) is 78.4 Å². The van der Waals surface area contributed by atoms with Crippen LogP contribution in [0.3, 0.4) is 0 Å². The summed E-state index contributed by atoms with van der Waals surface area (Å²) in [6.45, 7) is 3.34. The molecule has 4 rings (SSSR count). The van der Waals surface area contributed by atoms with Gasteiger partial charge in [0.05, 0.1) is 5.69 Å². The molecule has 1 heterocycles. The lowest BCUT2D eigenvalue weighted by atomic mass is 9.97. The molecule has 0 saturated heterocycles. The average Bonchev–Trinajstić information content (AvgIpc) is 3.42. The number of unbranched alkanes of at least 4 members (excludes halogenated alkanes) is 1. The number of aromatic nitrogens is 4. The number of aromatic amines is 1. The second-order valence-electron chi connectivity index (χ2n) is 7.90. The summed E-state index contributed by atoms with van der Waals surface area (Å²) in [5.41, 5.74) is 4.91. The summed E-state index contributed by atoms with van der Waals surface area (Å²) >= 11 is 1.62. The molecule has 3 aromatic carbocycles. The van der Waals surface area contributed by atoms with Gasteiger partial charge in [-0.1, -0.05) is 67.9 Å². The number of tetrazole rings is 1. The van der Waals surface area contributed by atoms with Gasteiger partial charge < -0.3 is 10.2 Å². The van der Waals surface area contributed by atoms with E-state index in [0.29, 0.717) is 18.9 Å². The van der Waals surface area contributed by atoms with E-state index in [9.17, 15) is 4.79 Å². The predicted molar refractivity (Wildman–Crippen MR) is 138 cm³/mol. The number of nitrogens with one attached hydrogen (secondary N) is 2. The SMILES string of the molecule is CCCCN(Cc1cccc(-c2ccccc2-c2nnn[nH]2)c1)C(=O)Nc1ccccc1SC. The van der Waals surface area contributed by atoms with E-state index >= 15 is 0 Å². The molecular weight excluding hydrogens is 444 g/mol. The first kappa shape index (κ1) is 23.5. The van der Waals surface area contributed by atoms with Crippen molar-refractivity contribution < 1.29 is 4.79 Å². The number of urea groups is 1. The third-order valence-corrected chi connectivity index (χ3v) is 6.35. The molecule has 2 amide bonds. The number of nitrogens with zero attached hydrogens (tertiary/aromatic N) is 4. The summed E-state index contributed by atoms with van der Waals surface area (Å²) < 4.78 is 0. The van der Waals surface area contributed by atoms with Crippen LogP contribution in [0.5, 0.6) is 0 Å². The summed E-state index contributed by atoms with van der Waals surface area (Å²) in [4.78, 5) is 16.2. The van der Waals surface area contributed by atoms with Crippen molar-refractivity contribution in [3.8, 4) is 22.5 Å². The third-order valence-electron chi connectivity index (χ3n) is 5.56. The fraction of sp³-hybridized carbons (Fsp3) is 0.231. The van der Waals surface area contributed by atoms with Gasteiger partial charge in [0.2, 0.25) is 0 Å². The number of carbonyl (C=O) groups is 1. The van der Waals surface area contributed by atoms with Crippen LogP contribution < -0.4 is 5.32 Å². The first-order chi connectivity index (χ1) is 16.7. The summed E-state index contributed by atoms with van der Waals surface area (Å²) in [6, 6.07) is 24.1. The first-order valence-corrected chi connectivity index (χ1v) is 12.5. The molecule has 0 bridgehead atoms. The van der Waals surface area contributed by atoms with Crippen LogP contribution in [0.15, 0.2) is 77.7 Å². The molecule has 0 saturated carbocycles. The highest BCUT2D eigenvalue weighted by Crippen LogP contribution is 2.30. The molecule has 174 valence electrons. The second-order valence-corrected chi connectivity index (χ2v) is 8.75. The molecule has 0 unspecified atom stereocenters. The molecule has 4 aromatic rings. The van der Waals surface area contributed by atoms with Gasteiger partial charge in [0.1, 0.15) is 0 Å². The number of amides is 2. The fourth-order valence-corrected chi connectivity index (χ4v) is 4.37. The number of thioether (sulfide) groups is 1. The van der Waals surface area contributed by atoms with Gasteiger partial charge in [-0.3, -0.25) is 0 Å². The molecular formula is C26H28N6OS. The van der Waals surface area contributed by atoms with Gasteiger partial charge in [-0.15, -0.1) is 16.9 Å². The molecule has 0 fully saturated rings. The van der Waals surface area contributed by atoms with E-state index in [0.717, 1.165) is 45.7 Å². The molecule has 2 N–H and O–H groups in total. The topological polar surface area (TPSA) is 86.8 Å². The van der Waals surface area contributed by atoms with Gasteiger partial charge in [-0.2, -0.15) is 0 Å². The molecule has 0 aliphatic heterocycles. The standard InChI is InChI=1S/C26H28N6OS/c1-3-4-16-32(26(33)27-23-14-7-8-15-24(23)34-2)18-19-10-9-11-20(17-19)21-12-5-6-13-22(21)25-28-30-31-29-25/h5-15,17H,3-4,16,18H2,1-2H3,(H,27,33)(H,28,29,30,31). The molecule has 7 nitrogen and oxygen atoms in total. The maximum absolute atomic E-state index is 13.2. The van der Waals surface area contributed by atoms with E-state index in [2.05, 4.69) is 57.1 Å². The lowest BCUT2D eigenvalue weighted by Gasteiger charge is -2.24. The largest absolute Gasteiger partial charge is 0.322 e. The Balaban J connectivity index is 1.58. The minimum atomic E-state index is -0.0894. The van der Waals surface area contributed by atoms with Crippen molar-refractivity contribution in [2.24, 2.45) is 0 Å². The number of para-hydroxylation sites is 1. The van der Waals surface area contributed by atoms with Gasteiger partial charge in [0.25, 0.3) is 0 Å². The van der Waals surface area contributed by atoms with Crippen LogP contribution in [-0.4, -0.2) is 44.4 Å². The summed E-state index contributed by atoms with van der Waals surface area (Å²) in [6.07, 6.45) is 3.97. The van der Waals surface area contributed by atoms with Crippen molar-refractivity contribution in [2.75, 3.05) is 18.1 Å². The molecule has 34 heavy (non-hydrogen) atoms. The van der Waals surface area contributed by atoms with Gasteiger partial charge >= 0.3 is 6.03 Å². The van der Waals surface area contributed by atoms with E-state index in [1.807, 2.05) is 59.7 Å². The van der Waals surface area contributed by atoms with Crippen LogP contribution in [-0.2, 0) is 6.54 Å². The lowest BCUT2D eigenvalue weighted by molar-refractivity contribution is 0.208. The number of anilines is 1. The number of carbonyl (C=O) groups excluding carboxylic acids is 1. The van der Waals surface area contributed by atoms with Crippen LogP contribution in [0.25, 0.3) is 22.5 Å². The van der Waals surface area contributed by atoms with E-state index in [-0.39, 0.29) is 6.03 Å². The zero-order chi connectivity index (χ0) is 23.8. The zero-order valence-corrected chi connectivity index (χ0v) is 20.2. The third kappa shape index (κ3) is 5.63. The second kappa shape index (κ2) is 11.5. The monoisotopic (exact) mass is 472 g/mol. The Morgan fingerprint density at radius 1 is 1.03 bits per heavy atom. The van der Waals surface area contributed by atoms with Crippen LogP contribution in [0.4, 0.5) is 10.5 Å². The number of hydrogen-bond acceptors (Lipinski definition) is 5. The van der Waals surface area contributed by atoms with Crippen molar-refractivity contribution in [1.82, 2.24) is 25.5 Å². The Morgan fingerprint density at radius 3 is 2.59 bits per heavy atom. The van der Waals surface area contributed by atoms with Crippen LogP contribution in [0, 0.1) is 0 Å². The van der Waals surface area contributed by atoms with Gasteiger partial charge in [0, 0.05) is 23.5 Å². The number of benzene rings is 3. The van der Waals surface area contributed by atoms with E-state index < -0.39 is 0 Å². The van der Waals surface area contributed by atoms with Gasteiger partial charge in [-0.25, -0.2) is 9.89 Å². The molecule has 8 heteroatoms.